The van der Waals surface area contributed by atoms with E-state index in [1.807, 2.05) is 0 Å². The van der Waals surface area contributed by atoms with Crippen molar-refractivity contribution in [3.63, 3.8) is 0 Å². The Morgan fingerprint density at radius 3 is 2.43 bits per heavy atom. The molecule has 5 nitrogen and oxygen atoms in total. The topological polar surface area (TPSA) is 66.5 Å². The van der Waals surface area contributed by atoms with Gasteiger partial charge in [0, 0.05) is 25.3 Å². The summed E-state index contributed by atoms with van der Waals surface area (Å²) < 4.78 is 40.5. The van der Waals surface area contributed by atoms with Crippen molar-refractivity contribution < 1.29 is 17.6 Å². The number of amides is 1. The molecule has 0 aliphatic carbocycles. The highest BCUT2D eigenvalue weighted by atomic mass is 32.2. The number of carbonyl (C=O) groups excluding carboxylic acids is 1. The summed E-state index contributed by atoms with van der Waals surface area (Å²) >= 11 is 0. The maximum absolute atomic E-state index is 13.6. The first-order chi connectivity index (χ1) is 10.7. The number of aryl methyl sites for hydroxylation is 1. The largest absolute Gasteiger partial charge is 0.345 e. The van der Waals surface area contributed by atoms with Gasteiger partial charge in [-0.2, -0.15) is 0 Å². The van der Waals surface area contributed by atoms with Gasteiger partial charge in [-0.15, -0.1) is 0 Å². The molecule has 2 aromatic carbocycles. The van der Waals surface area contributed by atoms with Crippen LogP contribution in [-0.2, 0) is 10.0 Å². The Labute approximate surface area is 134 Å². The van der Waals surface area contributed by atoms with Crippen LogP contribution in [0.4, 0.5) is 10.1 Å². The summed E-state index contributed by atoms with van der Waals surface area (Å²) in [6.45, 7) is 1.55. The van der Waals surface area contributed by atoms with Crippen molar-refractivity contribution in [1.82, 2.24) is 4.90 Å². The highest BCUT2D eigenvalue weighted by molar-refractivity contribution is 7.92. The smallest absolute Gasteiger partial charge is 0.261 e. The van der Waals surface area contributed by atoms with Crippen molar-refractivity contribution in [2.24, 2.45) is 0 Å². The number of anilines is 1. The van der Waals surface area contributed by atoms with Gasteiger partial charge >= 0.3 is 0 Å². The average molecular weight is 336 g/mol. The Balaban J connectivity index is 2.32. The zero-order valence-electron chi connectivity index (χ0n) is 13.0. The number of sulfonamides is 1. The Morgan fingerprint density at radius 1 is 1.13 bits per heavy atom. The summed E-state index contributed by atoms with van der Waals surface area (Å²) in [5.41, 5.74) is 0.950. The lowest BCUT2D eigenvalue weighted by molar-refractivity contribution is 0.0827. The van der Waals surface area contributed by atoms with Crippen LogP contribution in [0.15, 0.2) is 47.4 Å². The van der Waals surface area contributed by atoms with E-state index in [1.165, 1.54) is 29.2 Å². The fraction of sp³-hybridized carbons (Fsp3) is 0.188. The zero-order valence-corrected chi connectivity index (χ0v) is 13.8. The van der Waals surface area contributed by atoms with Gasteiger partial charge in [0.15, 0.2) is 0 Å². The monoisotopic (exact) mass is 336 g/mol. The maximum Gasteiger partial charge on any atom is 0.261 e. The first-order valence-corrected chi connectivity index (χ1v) is 8.30. The summed E-state index contributed by atoms with van der Waals surface area (Å²) in [4.78, 5) is 13.1. The molecule has 2 aromatic rings. The molecule has 1 amide bonds. The first-order valence-electron chi connectivity index (χ1n) is 6.81. The fourth-order valence-electron chi connectivity index (χ4n) is 1.93. The SMILES string of the molecule is Cc1ccc(S(=O)(=O)Nc2cccc(C(=O)N(C)C)c2)cc1F. The number of rotatable bonds is 4. The van der Waals surface area contributed by atoms with E-state index in [-0.39, 0.29) is 16.5 Å². The predicted molar refractivity (Wildman–Crippen MR) is 86.4 cm³/mol. The van der Waals surface area contributed by atoms with Crippen LogP contribution in [0, 0.1) is 12.7 Å². The number of halogens is 1. The van der Waals surface area contributed by atoms with Crippen LogP contribution in [0.3, 0.4) is 0 Å². The molecular weight excluding hydrogens is 319 g/mol. The molecule has 23 heavy (non-hydrogen) atoms. The van der Waals surface area contributed by atoms with Crippen LogP contribution >= 0.6 is 0 Å². The number of hydrogen-bond acceptors (Lipinski definition) is 3. The van der Waals surface area contributed by atoms with Gasteiger partial charge in [0.05, 0.1) is 4.90 Å². The quantitative estimate of drug-likeness (QED) is 0.933. The molecule has 0 saturated heterocycles. The van der Waals surface area contributed by atoms with Crippen LogP contribution in [0.25, 0.3) is 0 Å². The lowest BCUT2D eigenvalue weighted by atomic mass is 10.2. The number of benzene rings is 2. The number of nitrogens with zero attached hydrogens (tertiary/aromatic N) is 1. The van der Waals surface area contributed by atoms with Crippen LogP contribution in [0.1, 0.15) is 15.9 Å². The molecule has 0 aliphatic heterocycles. The van der Waals surface area contributed by atoms with E-state index in [1.54, 1.807) is 33.2 Å². The van der Waals surface area contributed by atoms with Crippen molar-refractivity contribution in [3.8, 4) is 0 Å². The second-order valence-corrected chi connectivity index (χ2v) is 6.98. The molecule has 0 spiro atoms. The highest BCUT2D eigenvalue weighted by Crippen LogP contribution is 2.19. The zero-order chi connectivity index (χ0) is 17.2. The van der Waals surface area contributed by atoms with Gasteiger partial charge in [-0.05, 0) is 42.8 Å². The Bertz CT molecular complexity index is 848. The molecule has 0 atom stereocenters. The van der Waals surface area contributed by atoms with Crippen LogP contribution < -0.4 is 4.72 Å². The van der Waals surface area contributed by atoms with E-state index in [9.17, 15) is 17.6 Å². The number of carbonyl (C=O) groups is 1. The van der Waals surface area contributed by atoms with E-state index >= 15 is 0 Å². The Morgan fingerprint density at radius 2 is 1.83 bits per heavy atom. The van der Waals surface area contributed by atoms with E-state index in [0.29, 0.717) is 11.1 Å². The summed E-state index contributed by atoms with van der Waals surface area (Å²) in [6, 6.07) is 9.81. The standard InChI is InChI=1S/C16H17FN2O3S/c1-11-7-8-14(10-15(11)17)23(21,22)18-13-6-4-5-12(9-13)16(20)19(2)3/h4-10,18H,1-3H3. The molecule has 1 N–H and O–H groups in total. The molecule has 0 heterocycles. The molecular formula is C16H17FN2O3S. The van der Waals surface area contributed by atoms with E-state index in [4.69, 9.17) is 0 Å². The molecule has 0 unspecified atom stereocenters. The minimum absolute atomic E-state index is 0.176. The molecule has 7 heteroatoms. The predicted octanol–water partition coefficient (Wildman–Crippen LogP) is 2.64. The summed E-state index contributed by atoms with van der Waals surface area (Å²) in [5, 5.41) is 0. The van der Waals surface area contributed by atoms with Crippen molar-refractivity contribution >= 4 is 21.6 Å². The normalized spacial score (nSPS) is 11.1. The molecule has 122 valence electrons. The van der Waals surface area contributed by atoms with Gasteiger partial charge in [0.25, 0.3) is 15.9 Å². The summed E-state index contributed by atoms with van der Waals surface area (Å²) in [5.74, 6) is -0.836. The minimum atomic E-state index is -3.93. The second-order valence-electron chi connectivity index (χ2n) is 5.30. The first kappa shape index (κ1) is 17.0. The van der Waals surface area contributed by atoms with Gasteiger partial charge < -0.3 is 4.90 Å². The molecule has 0 aliphatic rings. The molecule has 0 bridgehead atoms. The highest BCUT2D eigenvalue weighted by Gasteiger charge is 2.17. The molecule has 0 fully saturated rings. The maximum atomic E-state index is 13.6. The van der Waals surface area contributed by atoms with Crippen molar-refractivity contribution in [2.45, 2.75) is 11.8 Å². The minimum Gasteiger partial charge on any atom is -0.345 e. The van der Waals surface area contributed by atoms with Crippen molar-refractivity contribution in [1.29, 1.82) is 0 Å². The number of nitrogens with one attached hydrogen (secondary N) is 1. The fourth-order valence-corrected chi connectivity index (χ4v) is 2.99. The van der Waals surface area contributed by atoms with Crippen molar-refractivity contribution in [3.05, 3.63) is 59.4 Å². The molecule has 0 radical (unpaired) electrons. The van der Waals surface area contributed by atoms with E-state index in [0.717, 1.165) is 6.07 Å². The second kappa shape index (κ2) is 6.37. The van der Waals surface area contributed by atoms with E-state index in [2.05, 4.69) is 4.72 Å². The van der Waals surface area contributed by atoms with Gasteiger partial charge in [-0.3, -0.25) is 9.52 Å². The third-order valence-corrected chi connectivity index (χ3v) is 4.60. The van der Waals surface area contributed by atoms with Crippen LogP contribution in [0.2, 0.25) is 0 Å². The Kier molecular flexibility index (Phi) is 4.70. The Hall–Kier alpha value is -2.41. The number of hydrogen-bond donors (Lipinski definition) is 1. The molecule has 0 aromatic heterocycles. The van der Waals surface area contributed by atoms with Gasteiger partial charge in [0.2, 0.25) is 0 Å². The molecule has 0 saturated carbocycles. The summed E-state index contributed by atoms with van der Waals surface area (Å²) in [6.07, 6.45) is 0. The molecule has 2 rings (SSSR count). The van der Waals surface area contributed by atoms with Gasteiger partial charge in [-0.1, -0.05) is 12.1 Å². The van der Waals surface area contributed by atoms with Crippen LogP contribution in [0.5, 0.6) is 0 Å². The lowest BCUT2D eigenvalue weighted by Gasteiger charge is -2.12. The van der Waals surface area contributed by atoms with Crippen molar-refractivity contribution in [2.75, 3.05) is 18.8 Å². The summed E-state index contributed by atoms with van der Waals surface area (Å²) in [7, 11) is -0.719. The lowest BCUT2D eigenvalue weighted by Crippen LogP contribution is -2.22. The van der Waals surface area contributed by atoms with E-state index < -0.39 is 15.8 Å². The third-order valence-electron chi connectivity index (χ3n) is 3.22. The average Bonchev–Trinajstić information content (AvgIpc) is 2.48. The van der Waals surface area contributed by atoms with Gasteiger partial charge in [-0.25, -0.2) is 12.8 Å². The third kappa shape index (κ3) is 3.87. The van der Waals surface area contributed by atoms with Gasteiger partial charge in [0.1, 0.15) is 5.82 Å². The van der Waals surface area contributed by atoms with Crippen LogP contribution in [-0.4, -0.2) is 33.3 Å².